The number of amides is 1. The van der Waals surface area contributed by atoms with Crippen molar-refractivity contribution in [3.63, 3.8) is 0 Å². The van der Waals surface area contributed by atoms with E-state index in [0.29, 0.717) is 0 Å². The highest BCUT2D eigenvalue weighted by molar-refractivity contribution is 6.41. The number of rotatable bonds is 6. The third kappa shape index (κ3) is 5.05. The Labute approximate surface area is 163 Å². The molecule has 1 atom stereocenters. The van der Waals surface area contributed by atoms with E-state index in [4.69, 9.17) is 32.7 Å². The first kappa shape index (κ1) is 20.4. The lowest BCUT2D eigenvalue weighted by Gasteiger charge is -2.14. The van der Waals surface area contributed by atoms with E-state index < -0.39 is 22.9 Å². The molecule has 1 aromatic carbocycles. The van der Waals surface area contributed by atoms with E-state index in [1.165, 1.54) is 32.2 Å². The average Bonchev–Trinajstić information content (AvgIpc) is 2.63. The van der Waals surface area contributed by atoms with Crippen LogP contribution < -0.4 is 10.1 Å². The van der Waals surface area contributed by atoms with Crippen molar-refractivity contribution in [3.8, 4) is 5.75 Å². The molecular formula is C16H13Cl2N3O6. The summed E-state index contributed by atoms with van der Waals surface area (Å²) in [5.41, 5.74) is -0.431. The van der Waals surface area contributed by atoms with Crippen molar-refractivity contribution in [1.29, 1.82) is 0 Å². The number of halogens is 2. The Hall–Kier alpha value is -2.91. The molecule has 0 radical (unpaired) electrons. The number of anilines is 1. The molecule has 1 heterocycles. The normalized spacial score (nSPS) is 11.4. The number of nitro benzene ring substituents is 1. The van der Waals surface area contributed by atoms with Crippen LogP contribution in [0, 0.1) is 10.1 Å². The number of hydrogen-bond donors (Lipinski definition) is 1. The lowest BCUT2D eigenvalue weighted by atomic mass is 10.2. The van der Waals surface area contributed by atoms with Gasteiger partial charge in [0.2, 0.25) is 0 Å². The number of nitrogens with zero attached hydrogens (tertiary/aromatic N) is 2. The Bertz CT molecular complexity index is 906. The van der Waals surface area contributed by atoms with Gasteiger partial charge in [0.15, 0.2) is 6.10 Å². The van der Waals surface area contributed by atoms with E-state index in [1.54, 1.807) is 0 Å². The zero-order valence-electron chi connectivity index (χ0n) is 14.1. The molecule has 0 aliphatic heterocycles. The maximum atomic E-state index is 12.2. The maximum absolute atomic E-state index is 12.2. The highest BCUT2D eigenvalue weighted by Crippen LogP contribution is 2.29. The van der Waals surface area contributed by atoms with Gasteiger partial charge in [-0.25, -0.2) is 9.78 Å². The maximum Gasteiger partial charge on any atom is 0.340 e. The minimum absolute atomic E-state index is 0.000483. The van der Waals surface area contributed by atoms with Gasteiger partial charge in [-0.3, -0.25) is 14.9 Å². The summed E-state index contributed by atoms with van der Waals surface area (Å²) in [5, 5.41) is 13.6. The molecule has 0 spiro atoms. The monoisotopic (exact) mass is 413 g/mol. The number of carbonyl (C=O) groups excluding carboxylic acids is 2. The van der Waals surface area contributed by atoms with Crippen LogP contribution in [0.2, 0.25) is 10.2 Å². The summed E-state index contributed by atoms with van der Waals surface area (Å²) in [6.45, 7) is 1.31. The fourth-order valence-electron chi connectivity index (χ4n) is 1.94. The van der Waals surface area contributed by atoms with Crippen molar-refractivity contribution in [2.24, 2.45) is 0 Å². The molecule has 1 aromatic heterocycles. The van der Waals surface area contributed by atoms with Gasteiger partial charge in [-0.1, -0.05) is 23.2 Å². The highest BCUT2D eigenvalue weighted by Gasteiger charge is 2.23. The molecule has 2 rings (SSSR count). The molecule has 0 fully saturated rings. The van der Waals surface area contributed by atoms with Gasteiger partial charge in [0, 0.05) is 6.20 Å². The van der Waals surface area contributed by atoms with Crippen molar-refractivity contribution in [1.82, 2.24) is 4.98 Å². The quantitative estimate of drug-likeness (QED) is 0.332. The standard InChI is InChI=1S/C16H13Cl2N3O6/c1-8(27-16(23)9-5-11(17)14(18)19-7-9)15(22)20-12-4-3-10(26-2)6-13(12)21(24)25/h3-8H,1-2H3,(H,20,22). The van der Waals surface area contributed by atoms with Crippen LogP contribution >= 0.6 is 23.2 Å². The number of nitro groups is 1. The topological polar surface area (TPSA) is 121 Å². The van der Waals surface area contributed by atoms with Gasteiger partial charge < -0.3 is 14.8 Å². The van der Waals surface area contributed by atoms with Crippen LogP contribution in [0.5, 0.6) is 5.75 Å². The van der Waals surface area contributed by atoms with Gasteiger partial charge in [0.25, 0.3) is 11.6 Å². The Kier molecular flexibility index (Phi) is 6.54. The SMILES string of the molecule is COc1ccc(NC(=O)C(C)OC(=O)c2cnc(Cl)c(Cl)c2)c([N+](=O)[O-])c1. The van der Waals surface area contributed by atoms with E-state index in [1.807, 2.05) is 0 Å². The summed E-state index contributed by atoms with van der Waals surface area (Å²) in [4.78, 5) is 38.5. The second-order valence-electron chi connectivity index (χ2n) is 5.17. The van der Waals surface area contributed by atoms with E-state index in [-0.39, 0.29) is 32.9 Å². The van der Waals surface area contributed by atoms with Gasteiger partial charge in [-0.2, -0.15) is 0 Å². The van der Waals surface area contributed by atoms with Crippen LogP contribution in [-0.2, 0) is 9.53 Å². The molecular weight excluding hydrogens is 401 g/mol. The summed E-state index contributed by atoms with van der Waals surface area (Å²) in [6.07, 6.45) is -0.0937. The number of ether oxygens (including phenoxy) is 2. The summed E-state index contributed by atoms with van der Waals surface area (Å²) in [7, 11) is 1.36. The molecule has 1 amide bonds. The predicted octanol–water partition coefficient (Wildman–Crippen LogP) is 3.49. The first-order valence-corrected chi connectivity index (χ1v) is 8.13. The van der Waals surface area contributed by atoms with Crippen molar-refractivity contribution in [3.05, 3.63) is 56.3 Å². The minimum Gasteiger partial charge on any atom is -0.496 e. The lowest BCUT2D eigenvalue weighted by molar-refractivity contribution is -0.384. The summed E-state index contributed by atoms with van der Waals surface area (Å²) in [6, 6.07) is 5.17. The van der Waals surface area contributed by atoms with Crippen LogP contribution in [0.3, 0.4) is 0 Å². The van der Waals surface area contributed by atoms with Crippen molar-refractivity contribution < 1.29 is 24.0 Å². The van der Waals surface area contributed by atoms with Gasteiger partial charge >= 0.3 is 5.97 Å². The van der Waals surface area contributed by atoms with Crippen molar-refractivity contribution in [2.45, 2.75) is 13.0 Å². The van der Waals surface area contributed by atoms with E-state index in [9.17, 15) is 19.7 Å². The average molecular weight is 414 g/mol. The zero-order valence-corrected chi connectivity index (χ0v) is 15.6. The lowest BCUT2D eigenvalue weighted by Crippen LogP contribution is -2.30. The molecule has 2 aromatic rings. The number of nitrogens with one attached hydrogen (secondary N) is 1. The summed E-state index contributed by atoms with van der Waals surface area (Å²) >= 11 is 11.5. The molecule has 142 valence electrons. The van der Waals surface area contributed by atoms with E-state index in [0.717, 1.165) is 12.3 Å². The second kappa shape index (κ2) is 8.65. The number of esters is 1. The third-order valence-corrected chi connectivity index (χ3v) is 4.03. The Morgan fingerprint density at radius 3 is 2.59 bits per heavy atom. The highest BCUT2D eigenvalue weighted by atomic mass is 35.5. The molecule has 0 saturated heterocycles. The number of pyridine rings is 1. The van der Waals surface area contributed by atoms with Crippen LogP contribution in [0.15, 0.2) is 30.5 Å². The minimum atomic E-state index is -1.24. The Morgan fingerprint density at radius 1 is 1.30 bits per heavy atom. The largest absolute Gasteiger partial charge is 0.496 e. The van der Waals surface area contributed by atoms with Crippen LogP contribution in [0.1, 0.15) is 17.3 Å². The van der Waals surface area contributed by atoms with Gasteiger partial charge in [0.05, 0.1) is 28.7 Å². The summed E-state index contributed by atoms with van der Waals surface area (Å²) < 4.78 is 9.94. The fraction of sp³-hybridized carbons (Fsp3) is 0.188. The van der Waals surface area contributed by atoms with Crippen LogP contribution in [-0.4, -0.2) is 35.0 Å². The summed E-state index contributed by atoms with van der Waals surface area (Å²) in [5.74, 6) is -1.36. The molecule has 0 saturated carbocycles. The van der Waals surface area contributed by atoms with Crippen molar-refractivity contribution >= 4 is 46.5 Å². The van der Waals surface area contributed by atoms with Gasteiger partial charge in [0.1, 0.15) is 16.6 Å². The van der Waals surface area contributed by atoms with E-state index >= 15 is 0 Å². The fourth-order valence-corrected chi connectivity index (χ4v) is 2.21. The van der Waals surface area contributed by atoms with Crippen molar-refractivity contribution in [2.75, 3.05) is 12.4 Å². The van der Waals surface area contributed by atoms with Gasteiger partial charge in [-0.05, 0) is 25.1 Å². The molecule has 0 aliphatic rings. The number of benzene rings is 1. The number of aromatic nitrogens is 1. The smallest absolute Gasteiger partial charge is 0.340 e. The number of hydrogen-bond acceptors (Lipinski definition) is 7. The van der Waals surface area contributed by atoms with Gasteiger partial charge in [-0.15, -0.1) is 0 Å². The Morgan fingerprint density at radius 2 is 2.00 bits per heavy atom. The molecule has 9 nitrogen and oxygen atoms in total. The number of methoxy groups -OCH3 is 1. The molecule has 0 aliphatic carbocycles. The van der Waals surface area contributed by atoms with Crippen LogP contribution in [0.4, 0.5) is 11.4 Å². The molecule has 1 N–H and O–H groups in total. The first-order chi connectivity index (χ1) is 12.7. The predicted molar refractivity (Wildman–Crippen MR) is 97.4 cm³/mol. The molecule has 11 heteroatoms. The van der Waals surface area contributed by atoms with Crippen LogP contribution in [0.25, 0.3) is 0 Å². The molecule has 27 heavy (non-hydrogen) atoms. The Balaban J connectivity index is 2.10. The second-order valence-corrected chi connectivity index (χ2v) is 5.94. The molecule has 1 unspecified atom stereocenters. The molecule has 0 bridgehead atoms. The zero-order chi connectivity index (χ0) is 20.1. The number of carbonyl (C=O) groups is 2. The third-order valence-electron chi connectivity index (χ3n) is 3.34. The first-order valence-electron chi connectivity index (χ1n) is 7.38. The van der Waals surface area contributed by atoms with E-state index in [2.05, 4.69) is 10.3 Å².